The van der Waals surface area contributed by atoms with Gasteiger partial charge in [0.15, 0.2) is 0 Å². The molecule has 1 amide bonds. The van der Waals surface area contributed by atoms with Crippen molar-refractivity contribution in [2.45, 2.75) is 27.7 Å². The van der Waals surface area contributed by atoms with E-state index in [2.05, 4.69) is 27.7 Å². The Hall–Kier alpha value is -0.440. The predicted molar refractivity (Wildman–Crippen MR) is 87.1 cm³/mol. The molecule has 0 aliphatic rings. The first kappa shape index (κ1) is 17.6. The van der Waals surface area contributed by atoms with E-state index in [9.17, 15) is 4.79 Å². The Bertz CT molecular complexity index is 476. The fraction of sp³-hybridized carbons (Fsp3) is 0.533. The molecule has 5 heteroatoms. The molecular weight excluding hydrogens is 317 g/mol. The topological polar surface area (TPSA) is 20.3 Å². The number of amides is 1. The highest BCUT2D eigenvalue weighted by Crippen LogP contribution is 2.33. The first-order chi connectivity index (χ1) is 9.23. The SMILES string of the molecule is CC(C)CN(CC(C)C)C(=O)c1ccc(Cl)c(Cl)c1Cl. The minimum atomic E-state index is -0.101. The summed E-state index contributed by atoms with van der Waals surface area (Å²) in [4.78, 5) is 14.5. The van der Waals surface area contributed by atoms with Crippen molar-refractivity contribution in [2.24, 2.45) is 11.8 Å². The van der Waals surface area contributed by atoms with Crippen molar-refractivity contribution in [2.75, 3.05) is 13.1 Å². The molecule has 0 saturated heterocycles. The van der Waals surface area contributed by atoms with Gasteiger partial charge in [-0.05, 0) is 24.0 Å². The van der Waals surface area contributed by atoms with Crippen LogP contribution in [0.1, 0.15) is 38.1 Å². The van der Waals surface area contributed by atoms with Crippen molar-refractivity contribution in [3.63, 3.8) is 0 Å². The molecule has 2 nitrogen and oxygen atoms in total. The van der Waals surface area contributed by atoms with Crippen molar-refractivity contribution in [3.8, 4) is 0 Å². The number of benzene rings is 1. The van der Waals surface area contributed by atoms with Gasteiger partial charge in [-0.3, -0.25) is 4.79 Å². The molecule has 0 fully saturated rings. The van der Waals surface area contributed by atoms with Gasteiger partial charge in [0, 0.05) is 13.1 Å². The fourth-order valence-corrected chi connectivity index (χ4v) is 2.60. The Kier molecular flexibility index (Phi) is 6.63. The highest BCUT2D eigenvalue weighted by molar-refractivity contribution is 6.49. The van der Waals surface area contributed by atoms with Crippen LogP contribution in [0.3, 0.4) is 0 Å². The average molecular weight is 337 g/mol. The summed E-state index contributed by atoms with van der Waals surface area (Å²) >= 11 is 18.1. The smallest absolute Gasteiger partial charge is 0.255 e. The third-order valence-electron chi connectivity index (χ3n) is 2.72. The Morgan fingerprint density at radius 2 is 1.50 bits per heavy atom. The van der Waals surface area contributed by atoms with Crippen molar-refractivity contribution in [3.05, 3.63) is 32.8 Å². The summed E-state index contributed by atoms with van der Waals surface area (Å²) in [7, 11) is 0. The second-order valence-electron chi connectivity index (χ2n) is 5.72. The molecule has 1 rings (SSSR count). The van der Waals surface area contributed by atoms with Gasteiger partial charge in [0.2, 0.25) is 0 Å². The zero-order valence-electron chi connectivity index (χ0n) is 12.2. The molecule has 112 valence electrons. The first-order valence-electron chi connectivity index (χ1n) is 6.66. The minimum absolute atomic E-state index is 0.101. The van der Waals surface area contributed by atoms with Crippen LogP contribution in [0.5, 0.6) is 0 Å². The summed E-state index contributed by atoms with van der Waals surface area (Å²) in [6.45, 7) is 9.70. The number of nitrogens with zero attached hydrogens (tertiary/aromatic N) is 1. The first-order valence-corrected chi connectivity index (χ1v) is 7.80. The summed E-state index contributed by atoms with van der Waals surface area (Å²) in [5, 5.41) is 0.808. The molecule has 1 aromatic rings. The van der Waals surface area contributed by atoms with Gasteiger partial charge in [0.05, 0.1) is 20.6 Å². The molecule has 0 bridgehead atoms. The molecule has 0 atom stereocenters. The van der Waals surface area contributed by atoms with Crippen LogP contribution in [0.25, 0.3) is 0 Å². The molecule has 0 heterocycles. The maximum absolute atomic E-state index is 12.6. The van der Waals surface area contributed by atoms with Gasteiger partial charge in [-0.1, -0.05) is 62.5 Å². The fourth-order valence-electron chi connectivity index (χ4n) is 1.98. The van der Waals surface area contributed by atoms with Gasteiger partial charge >= 0.3 is 0 Å². The lowest BCUT2D eigenvalue weighted by Gasteiger charge is -2.27. The Balaban J connectivity index is 3.08. The van der Waals surface area contributed by atoms with Gasteiger partial charge in [0.25, 0.3) is 5.91 Å². The normalized spacial score (nSPS) is 11.2. The summed E-state index contributed by atoms with van der Waals surface area (Å²) < 4.78 is 0. The largest absolute Gasteiger partial charge is 0.338 e. The lowest BCUT2D eigenvalue weighted by Crippen LogP contribution is -2.37. The Morgan fingerprint density at radius 3 is 1.95 bits per heavy atom. The monoisotopic (exact) mass is 335 g/mol. The number of halogens is 3. The summed E-state index contributed by atoms with van der Waals surface area (Å²) in [6.07, 6.45) is 0. The average Bonchev–Trinajstić information content (AvgIpc) is 2.33. The van der Waals surface area contributed by atoms with Crippen LogP contribution in [0.15, 0.2) is 12.1 Å². The quantitative estimate of drug-likeness (QED) is 0.659. The predicted octanol–water partition coefficient (Wildman–Crippen LogP) is 5.40. The molecule has 0 spiro atoms. The molecule has 0 N–H and O–H groups in total. The maximum Gasteiger partial charge on any atom is 0.255 e. The van der Waals surface area contributed by atoms with Crippen LogP contribution < -0.4 is 0 Å². The van der Waals surface area contributed by atoms with E-state index in [0.717, 1.165) is 0 Å². The van der Waals surface area contributed by atoms with E-state index in [1.54, 1.807) is 12.1 Å². The number of rotatable bonds is 5. The number of carbonyl (C=O) groups excluding carboxylic acids is 1. The zero-order chi connectivity index (χ0) is 15.4. The lowest BCUT2D eigenvalue weighted by atomic mass is 10.1. The van der Waals surface area contributed by atoms with Gasteiger partial charge in [-0.15, -0.1) is 0 Å². The highest BCUT2D eigenvalue weighted by atomic mass is 35.5. The Labute approximate surface area is 136 Å². The molecule has 0 aliphatic carbocycles. The van der Waals surface area contributed by atoms with E-state index in [4.69, 9.17) is 34.8 Å². The summed E-state index contributed by atoms with van der Waals surface area (Å²) in [6, 6.07) is 3.23. The summed E-state index contributed by atoms with van der Waals surface area (Å²) in [5.74, 6) is 0.675. The lowest BCUT2D eigenvalue weighted by molar-refractivity contribution is 0.0715. The van der Waals surface area contributed by atoms with E-state index < -0.39 is 0 Å². The van der Waals surface area contributed by atoms with Gasteiger partial charge in [-0.25, -0.2) is 0 Å². The van der Waals surface area contributed by atoms with Crippen molar-refractivity contribution >= 4 is 40.7 Å². The van der Waals surface area contributed by atoms with Crippen molar-refractivity contribution < 1.29 is 4.79 Å². The van der Waals surface area contributed by atoms with E-state index in [1.165, 1.54) is 0 Å². The van der Waals surface area contributed by atoms with Crippen LogP contribution in [0.4, 0.5) is 0 Å². The van der Waals surface area contributed by atoms with Crippen LogP contribution >= 0.6 is 34.8 Å². The third-order valence-corrected chi connectivity index (χ3v) is 4.02. The summed E-state index contributed by atoms with van der Waals surface area (Å²) in [5.41, 5.74) is 0.405. The highest BCUT2D eigenvalue weighted by Gasteiger charge is 2.22. The van der Waals surface area contributed by atoms with Crippen LogP contribution in [0.2, 0.25) is 15.1 Å². The Morgan fingerprint density at radius 1 is 1.00 bits per heavy atom. The second kappa shape index (κ2) is 7.53. The van der Waals surface area contributed by atoms with E-state index in [1.807, 2.05) is 4.90 Å². The molecule has 0 aliphatic heterocycles. The van der Waals surface area contributed by atoms with Gasteiger partial charge in [0.1, 0.15) is 0 Å². The van der Waals surface area contributed by atoms with Crippen LogP contribution in [0, 0.1) is 11.8 Å². The molecule has 0 saturated carbocycles. The second-order valence-corrected chi connectivity index (χ2v) is 6.88. The van der Waals surface area contributed by atoms with Crippen LogP contribution in [-0.2, 0) is 0 Å². The standard InChI is InChI=1S/C15H20Cl3NO/c1-9(2)7-19(8-10(3)4)15(20)11-5-6-12(16)14(18)13(11)17/h5-6,9-10H,7-8H2,1-4H3. The maximum atomic E-state index is 12.6. The van der Waals surface area contributed by atoms with E-state index in [-0.39, 0.29) is 16.0 Å². The van der Waals surface area contributed by atoms with E-state index in [0.29, 0.717) is 35.5 Å². The number of hydrogen-bond donors (Lipinski definition) is 0. The third kappa shape index (κ3) is 4.54. The number of carbonyl (C=O) groups is 1. The van der Waals surface area contributed by atoms with Gasteiger partial charge in [-0.2, -0.15) is 0 Å². The molecule has 0 aromatic heterocycles. The molecule has 1 aromatic carbocycles. The van der Waals surface area contributed by atoms with Crippen LogP contribution in [-0.4, -0.2) is 23.9 Å². The molecular formula is C15H20Cl3NO. The van der Waals surface area contributed by atoms with Crippen molar-refractivity contribution in [1.29, 1.82) is 0 Å². The number of hydrogen-bond acceptors (Lipinski definition) is 1. The van der Waals surface area contributed by atoms with Crippen molar-refractivity contribution in [1.82, 2.24) is 4.90 Å². The molecule has 0 radical (unpaired) electrons. The minimum Gasteiger partial charge on any atom is -0.338 e. The van der Waals surface area contributed by atoms with E-state index >= 15 is 0 Å². The molecule has 20 heavy (non-hydrogen) atoms. The zero-order valence-corrected chi connectivity index (χ0v) is 14.5. The molecule has 0 unspecified atom stereocenters. The van der Waals surface area contributed by atoms with Gasteiger partial charge < -0.3 is 4.90 Å².